The predicted molar refractivity (Wildman–Crippen MR) is 109 cm³/mol. The van der Waals surface area contributed by atoms with Gasteiger partial charge in [0.1, 0.15) is 5.82 Å². The molecule has 0 aliphatic carbocycles. The van der Waals surface area contributed by atoms with Crippen molar-refractivity contribution < 1.29 is 0 Å². The Morgan fingerprint density at radius 2 is 1.93 bits per heavy atom. The number of hydrogen-bond acceptors (Lipinski definition) is 6. The number of guanidine groups is 1. The minimum absolute atomic E-state index is 0.234. The number of nitrogens with zero attached hydrogens (tertiary/aromatic N) is 7. The topological polar surface area (TPSA) is 93.3 Å². The first kappa shape index (κ1) is 17.9. The average molecular weight is 393 g/mol. The van der Waals surface area contributed by atoms with E-state index in [0.29, 0.717) is 19.0 Å². The Kier molecular flexibility index (Phi) is 5.17. The van der Waals surface area contributed by atoms with Crippen LogP contribution in [0.3, 0.4) is 0 Å². The van der Waals surface area contributed by atoms with Gasteiger partial charge in [-0.15, -0.1) is 4.99 Å². The van der Waals surface area contributed by atoms with E-state index >= 15 is 0 Å². The summed E-state index contributed by atoms with van der Waals surface area (Å²) >= 11 is 5.89. The number of nitrogens with one attached hydrogen (secondary N) is 1. The number of rotatable bonds is 2. The van der Waals surface area contributed by atoms with Crippen LogP contribution < -0.4 is 10.2 Å². The highest BCUT2D eigenvalue weighted by molar-refractivity contribution is 6.28. The molecule has 2 aromatic heterocycles. The Bertz CT molecular complexity index is 1050. The van der Waals surface area contributed by atoms with Crippen LogP contribution in [0.25, 0.3) is 10.9 Å². The molecule has 3 aromatic rings. The Balaban J connectivity index is 1.50. The van der Waals surface area contributed by atoms with Gasteiger partial charge in [0.25, 0.3) is 0 Å². The van der Waals surface area contributed by atoms with Crippen LogP contribution in [0.15, 0.2) is 53.8 Å². The third-order valence-corrected chi connectivity index (χ3v) is 4.74. The van der Waals surface area contributed by atoms with E-state index in [4.69, 9.17) is 16.9 Å². The molecule has 9 heteroatoms. The normalized spacial score (nSPS) is 14.8. The average Bonchev–Trinajstić information content (AvgIpc) is 2.74. The first-order valence-corrected chi connectivity index (χ1v) is 9.18. The van der Waals surface area contributed by atoms with Crippen molar-refractivity contribution in [2.75, 3.05) is 36.4 Å². The van der Waals surface area contributed by atoms with Crippen molar-refractivity contribution in [3.63, 3.8) is 0 Å². The molecule has 1 fully saturated rings. The summed E-state index contributed by atoms with van der Waals surface area (Å²) < 4.78 is 0. The van der Waals surface area contributed by atoms with Crippen LogP contribution in [0.1, 0.15) is 0 Å². The van der Waals surface area contributed by atoms with Crippen LogP contribution in [0.5, 0.6) is 0 Å². The molecule has 0 unspecified atom stereocenters. The summed E-state index contributed by atoms with van der Waals surface area (Å²) in [5.41, 5.74) is 1.75. The third kappa shape index (κ3) is 3.80. The number of anilines is 2. The van der Waals surface area contributed by atoms with Crippen molar-refractivity contribution in [1.29, 1.82) is 5.26 Å². The molecule has 1 aliphatic heterocycles. The molecular weight excluding hydrogens is 376 g/mol. The fourth-order valence-corrected chi connectivity index (χ4v) is 3.35. The van der Waals surface area contributed by atoms with Crippen LogP contribution in [-0.4, -0.2) is 52.0 Å². The number of fused-ring (bicyclic) bond motifs is 1. The van der Waals surface area contributed by atoms with Crippen molar-refractivity contribution in [3.8, 4) is 6.19 Å². The number of piperazine rings is 1. The van der Waals surface area contributed by atoms with E-state index in [9.17, 15) is 0 Å². The van der Waals surface area contributed by atoms with Crippen LogP contribution in [0.4, 0.5) is 11.5 Å². The zero-order valence-corrected chi connectivity index (χ0v) is 15.7. The molecular formula is C19H17ClN8. The molecule has 8 nitrogen and oxygen atoms in total. The van der Waals surface area contributed by atoms with Gasteiger partial charge in [0.05, 0.1) is 11.2 Å². The Morgan fingerprint density at radius 1 is 1.07 bits per heavy atom. The minimum Gasteiger partial charge on any atom is -0.353 e. The van der Waals surface area contributed by atoms with E-state index in [1.165, 1.54) is 0 Å². The summed E-state index contributed by atoms with van der Waals surface area (Å²) in [6, 6.07) is 11.6. The lowest BCUT2D eigenvalue weighted by atomic mass is 10.2. The van der Waals surface area contributed by atoms with E-state index in [-0.39, 0.29) is 5.28 Å². The maximum Gasteiger partial charge on any atom is 0.224 e. The van der Waals surface area contributed by atoms with Crippen LogP contribution in [0.2, 0.25) is 5.28 Å². The number of aromatic nitrogens is 3. The summed E-state index contributed by atoms with van der Waals surface area (Å²) in [5.74, 6) is 1.32. The number of hydrogen-bond donors (Lipinski definition) is 1. The summed E-state index contributed by atoms with van der Waals surface area (Å²) in [5, 5.41) is 13.7. The zero-order chi connectivity index (χ0) is 19.3. The minimum atomic E-state index is 0.234. The fraction of sp³-hybridized carbons (Fsp3) is 0.211. The Morgan fingerprint density at radius 3 is 2.71 bits per heavy atom. The van der Waals surface area contributed by atoms with Gasteiger partial charge in [0, 0.05) is 44.0 Å². The standard InChI is InChI=1S/C19H17ClN8/c20-18-23-8-6-17(26-18)27-9-11-28(12-10-27)19(24-13-21)25-16-5-1-4-15-14(16)3-2-7-22-15/h1-8H,9-12H2,(H,24,25). The number of aliphatic imine (C=N–C) groups is 1. The number of halogens is 1. The molecule has 1 saturated heterocycles. The van der Waals surface area contributed by atoms with Gasteiger partial charge in [-0.2, -0.15) is 5.26 Å². The van der Waals surface area contributed by atoms with E-state index in [0.717, 1.165) is 35.5 Å². The molecule has 0 spiro atoms. The van der Waals surface area contributed by atoms with Crippen LogP contribution in [-0.2, 0) is 0 Å². The highest BCUT2D eigenvalue weighted by Crippen LogP contribution is 2.22. The van der Waals surface area contributed by atoms with E-state index in [2.05, 4.69) is 35.1 Å². The molecule has 0 radical (unpaired) electrons. The largest absolute Gasteiger partial charge is 0.353 e. The lowest BCUT2D eigenvalue weighted by molar-refractivity contribution is 0.384. The highest BCUT2D eigenvalue weighted by Gasteiger charge is 2.21. The predicted octanol–water partition coefficient (Wildman–Crippen LogP) is 2.75. The molecule has 3 heterocycles. The summed E-state index contributed by atoms with van der Waals surface area (Å²) in [7, 11) is 0. The van der Waals surface area contributed by atoms with Crippen molar-refractivity contribution in [2.45, 2.75) is 0 Å². The van der Waals surface area contributed by atoms with E-state index < -0.39 is 0 Å². The van der Waals surface area contributed by atoms with Crippen molar-refractivity contribution in [2.24, 2.45) is 4.99 Å². The molecule has 0 atom stereocenters. The van der Waals surface area contributed by atoms with Gasteiger partial charge in [0.15, 0.2) is 0 Å². The highest BCUT2D eigenvalue weighted by atomic mass is 35.5. The smallest absolute Gasteiger partial charge is 0.224 e. The summed E-state index contributed by atoms with van der Waals surface area (Å²) in [6.45, 7) is 2.85. The quantitative estimate of drug-likeness (QED) is 0.310. The number of nitriles is 1. The SMILES string of the molecule is N#C/N=C(/Nc1cccc2ncccc12)N1CCN(c2ccnc(Cl)n2)CC1. The van der Waals surface area contributed by atoms with Crippen molar-refractivity contribution in [1.82, 2.24) is 19.9 Å². The Labute approximate surface area is 167 Å². The van der Waals surface area contributed by atoms with Crippen LogP contribution >= 0.6 is 11.6 Å². The molecule has 1 aliphatic rings. The molecule has 0 bridgehead atoms. The zero-order valence-electron chi connectivity index (χ0n) is 15.0. The lowest BCUT2D eigenvalue weighted by Gasteiger charge is -2.36. The molecule has 0 amide bonds. The molecule has 1 aromatic carbocycles. The number of pyridine rings is 1. The lowest BCUT2D eigenvalue weighted by Crippen LogP contribution is -2.50. The second-order valence-electron chi connectivity index (χ2n) is 6.19. The van der Waals surface area contributed by atoms with Gasteiger partial charge < -0.3 is 15.1 Å². The second-order valence-corrected chi connectivity index (χ2v) is 6.53. The monoisotopic (exact) mass is 392 g/mol. The maximum atomic E-state index is 9.16. The number of benzene rings is 1. The van der Waals surface area contributed by atoms with E-state index in [1.54, 1.807) is 12.4 Å². The fourth-order valence-electron chi connectivity index (χ4n) is 3.21. The molecule has 140 valence electrons. The van der Waals surface area contributed by atoms with Gasteiger partial charge >= 0.3 is 0 Å². The molecule has 4 rings (SSSR count). The summed E-state index contributed by atoms with van der Waals surface area (Å²) in [6.07, 6.45) is 5.31. The van der Waals surface area contributed by atoms with Crippen molar-refractivity contribution >= 4 is 40.0 Å². The van der Waals surface area contributed by atoms with Gasteiger partial charge in [-0.25, -0.2) is 9.97 Å². The first-order valence-electron chi connectivity index (χ1n) is 8.80. The molecule has 0 saturated carbocycles. The maximum absolute atomic E-state index is 9.16. The summed E-state index contributed by atoms with van der Waals surface area (Å²) in [4.78, 5) is 20.8. The Hall–Kier alpha value is -3.44. The van der Waals surface area contributed by atoms with Gasteiger partial charge in [-0.1, -0.05) is 6.07 Å². The second kappa shape index (κ2) is 8.06. The van der Waals surface area contributed by atoms with Gasteiger partial charge in [-0.3, -0.25) is 4.98 Å². The van der Waals surface area contributed by atoms with Crippen LogP contribution in [0, 0.1) is 11.5 Å². The third-order valence-electron chi connectivity index (χ3n) is 4.56. The van der Waals surface area contributed by atoms with Gasteiger partial charge in [0.2, 0.25) is 17.4 Å². The molecule has 28 heavy (non-hydrogen) atoms. The first-order chi connectivity index (χ1) is 13.7. The van der Waals surface area contributed by atoms with Gasteiger partial charge in [-0.05, 0) is 41.9 Å². The van der Waals surface area contributed by atoms with E-state index in [1.807, 2.05) is 42.6 Å². The molecule has 1 N–H and O–H groups in total. The van der Waals surface area contributed by atoms with Crippen molar-refractivity contribution in [3.05, 3.63) is 54.1 Å².